The van der Waals surface area contributed by atoms with Gasteiger partial charge in [-0.15, -0.1) is 0 Å². The Hall–Kier alpha value is -1.31. The summed E-state index contributed by atoms with van der Waals surface area (Å²) in [5.74, 6) is 1.24. The summed E-state index contributed by atoms with van der Waals surface area (Å²) in [4.78, 5) is 13.7. The molecule has 3 aliphatic rings. The molecule has 2 nitrogen and oxygen atoms in total. The van der Waals surface area contributed by atoms with Gasteiger partial charge in [0.1, 0.15) is 5.76 Å². The minimum atomic E-state index is 0.0207. The fourth-order valence-electron chi connectivity index (χ4n) is 7.30. The standard InChI is InChI=1S/C39H66O2/c40-39(41-37-32-26-20-14-8-3-9-15-21-27-33-37)34-38(35-28-22-16-10-4-1-5-11-17-23-29-35)36-30-24-18-12-6-2-7-13-19-25-31-36/h28,30,32,38H,1-27,29,31,33-34H2. The van der Waals surface area contributed by atoms with Crippen LogP contribution < -0.4 is 0 Å². The van der Waals surface area contributed by atoms with Crippen LogP contribution in [0.1, 0.15) is 199 Å². The lowest BCUT2D eigenvalue weighted by Crippen LogP contribution is -2.17. The number of hydrogen-bond donors (Lipinski definition) is 0. The summed E-state index contributed by atoms with van der Waals surface area (Å²) in [6.45, 7) is 0. The zero-order valence-electron chi connectivity index (χ0n) is 27.0. The number of ether oxygens (including phenoxy) is 1. The van der Waals surface area contributed by atoms with Crippen LogP contribution in [0.25, 0.3) is 0 Å². The van der Waals surface area contributed by atoms with Gasteiger partial charge < -0.3 is 4.74 Å². The average molecular weight is 567 g/mol. The van der Waals surface area contributed by atoms with E-state index in [1.165, 1.54) is 161 Å². The second-order valence-electron chi connectivity index (χ2n) is 13.6. The highest BCUT2D eigenvalue weighted by Gasteiger charge is 2.24. The number of rotatable bonds is 5. The van der Waals surface area contributed by atoms with Crippen LogP contribution in [0.5, 0.6) is 0 Å². The van der Waals surface area contributed by atoms with Crippen molar-refractivity contribution in [1.29, 1.82) is 0 Å². The van der Waals surface area contributed by atoms with Crippen LogP contribution >= 0.6 is 0 Å². The Bertz CT molecular complexity index is 734. The Morgan fingerprint density at radius 2 is 0.805 bits per heavy atom. The third-order valence-corrected chi connectivity index (χ3v) is 9.91. The van der Waals surface area contributed by atoms with Crippen LogP contribution in [-0.2, 0) is 9.53 Å². The van der Waals surface area contributed by atoms with E-state index in [4.69, 9.17) is 4.74 Å². The molecule has 0 radical (unpaired) electrons. The summed E-state index contributed by atoms with van der Waals surface area (Å²) in [5, 5.41) is 0. The summed E-state index contributed by atoms with van der Waals surface area (Å²) in [5.41, 5.74) is 3.13. The van der Waals surface area contributed by atoms with Gasteiger partial charge in [0.2, 0.25) is 0 Å². The molecular formula is C39H66O2. The molecule has 0 spiro atoms. The number of carbonyl (C=O) groups is 1. The Labute approximate surface area is 255 Å². The van der Waals surface area contributed by atoms with E-state index in [0.29, 0.717) is 6.42 Å². The summed E-state index contributed by atoms with van der Waals surface area (Å²) in [6, 6.07) is 0. The first-order valence-corrected chi connectivity index (χ1v) is 18.6. The van der Waals surface area contributed by atoms with E-state index in [-0.39, 0.29) is 11.9 Å². The fraction of sp³-hybridized carbons (Fsp3) is 0.821. The summed E-state index contributed by atoms with van der Waals surface area (Å²) in [6.07, 6.45) is 46.7. The van der Waals surface area contributed by atoms with Crippen molar-refractivity contribution in [2.75, 3.05) is 0 Å². The molecule has 0 aliphatic heterocycles. The minimum absolute atomic E-state index is 0.0207. The molecule has 0 fully saturated rings. The molecule has 0 aromatic rings. The van der Waals surface area contributed by atoms with E-state index in [1.54, 1.807) is 11.1 Å². The molecule has 0 heterocycles. The van der Waals surface area contributed by atoms with Gasteiger partial charge >= 0.3 is 5.97 Å². The van der Waals surface area contributed by atoms with Crippen molar-refractivity contribution in [2.24, 2.45) is 5.92 Å². The van der Waals surface area contributed by atoms with Crippen molar-refractivity contribution >= 4 is 5.97 Å². The first-order chi connectivity index (χ1) is 20.3. The largest absolute Gasteiger partial charge is 0.431 e. The van der Waals surface area contributed by atoms with Gasteiger partial charge in [-0.1, -0.05) is 139 Å². The van der Waals surface area contributed by atoms with Gasteiger partial charge in [0.25, 0.3) is 0 Å². The Morgan fingerprint density at radius 1 is 0.463 bits per heavy atom. The lowest BCUT2D eigenvalue weighted by atomic mass is 9.81. The molecule has 234 valence electrons. The van der Waals surface area contributed by atoms with Gasteiger partial charge in [-0.25, -0.2) is 0 Å². The van der Waals surface area contributed by atoms with Gasteiger partial charge in [0, 0.05) is 12.3 Å². The molecule has 2 heteroatoms. The molecular weight excluding hydrogens is 500 g/mol. The van der Waals surface area contributed by atoms with Crippen molar-refractivity contribution in [3.05, 3.63) is 35.1 Å². The van der Waals surface area contributed by atoms with Gasteiger partial charge in [0.05, 0.1) is 6.42 Å². The predicted octanol–water partition coefficient (Wildman–Crippen LogP) is 13.0. The molecule has 0 saturated carbocycles. The molecule has 0 atom stereocenters. The van der Waals surface area contributed by atoms with Crippen LogP contribution in [0.15, 0.2) is 35.1 Å². The Kier molecular flexibility index (Phi) is 19.3. The van der Waals surface area contributed by atoms with Crippen LogP contribution in [0.3, 0.4) is 0 Å². The molecule has 0 bridgehead atoms. The second-order valence-corrected chi connectivity index (χ2v) is 13.6. The monoisotopic (exact) mass is 567 g/mol. The van der Waals surface area contributed by atoms with E-state index in [0.717, 1.165) is 37.9 Å². The zero-order chi connectivity index (χ0) is 28.6. The van der Waals surface area contributed by atoms with Gasteiger partial charge in [-0.05, 0) is 76.7 Å². The fourth-order valence-corrected chi connectivity index (χ4v) is 7.30. The molecule has 0 aromatic heterocycles. The molecule has 41 heavy (non-hydrogen) atoms. The second kappa shape index (κ2) is 23.2. The smallest absolute Gasteiger partial charge is 0.311 e. The first kappa shape index (κ1) is 34.2. The van der Waals surface area contributed by atoms with E-state index < -0.39 is 0 Å². The summed E-state index contributed by atoms with van der Waals surface area (Å²) in [7, 11) is 0. The summed E-state index contributed by atoms with van der Waals surface area (Å²) >= 11 is 0. The van der Waals surface area contributed by atoms with Crippen molar-refractivity contribution in [3.63, 3.8) is 0 Å². The van der Waals surface area contributed by atoms with Crippen LogP contribution in [-0.4, -0.2) is 5.97 Å². The maximum absolute atomic E-state index is 13.7. The Morgan fingerprint density at radius 3 is 1.24 bits per heavy atom. The van der Waals surface area contributed by atoms with Crippen molar-refractivity contribution in [2.45, 2.75) is 199 Å². The van der Waals surface area contributed by atoms with E-state index >= 15 is 0 Å². The highest BCUT2D eigenvalue weighted by atomic mass is 16.5. The number of allylic oxidation sites excluding steroid dienone is 6. The average Bonchev–Trinajstić information content (AvgIpc) is 2.94. The molecule has 3 rings (SSSR count). The SMILES string of the molecule is O=C(CC(C1=CCCCCCCCCCC1)C1=CCCCCCCCCCC1)OC1=CCCCCCCCCCC1. The van der Waals surface area contributed by atoms with Crippen molar-refractivity contribution in [3.8, 4) is 0 Å². The normalized spacial score (nSPS) is 23.7. The summed E-state index contributed by atoms with van der Waals surface area (Å²) < 4.78 is 6.25. The number of hydrogen-bond acceptors (Lipinski definition) is 2. The maximum atomic E-state index is 13.7. The minimum Gasteiger partial charge on any atom is -0.431 e. The van der Waals surface area contributed by atoms with E-state index in [2.05, 4.69) is 18.2 Å². The quantitative estimate of drug-likeness (QED) is 0.244. The highest BCUT2D eigenvalue weighted by molar-refractivity contribution is 5.72. The first-order valence-electron chi connectivity index (χ1n) is 18.6. The third kappa shape index (κ3) is 16.2. The van der Waals surface area contributed by atoms with E-state index in [9.17, 15) is 4.79 Å². The number of carbonyl (C=O) groups excluding carboxylic acids is 1. The lowest BCUT2D eigenvalue weighted by molar-refractivity contribution is -0.140. The van der Waals surface area contributed by atoms with Crippen LogP contribution in [0.2, 0.25) is 0 Å². The molecule has 0 N–H and O–H groups in total. The topological polar surface area (TPSA) is 26.3 Å². The van der Waals surface area contributed by atoms with Crippen LogP contribution in [0, 0.1) is 5.92 Å². The molecule has 0 unspecified atom stereocenters. The van der Waals surface area contributed by atoms with Crippen molar-refractivity contribution in [1.82, 2.24) is 0 Å². The van der Waals surface area contributed by atoms with Crippen LogP contribution in [0.4, 0.5) is 0 Å². The van der Waals surface area contributed by atoms with Gasteiger partial charge in [-0.2, -0.15) is 0 Å². The van der Waals surface area contributed by atoms with Crippen molar-refractivity contribution < 1.29 is 9.53 Å². The molecule has 0 amide bonds. The maximum Gasteiger partial charge on any atom is 0.311 e. The molecule has 0 saturated heterocycles. The Balaban J connectivity index is 1.77. The van der Waals surface area contributed by atoms with E-state index in [1.807, 2.05) is 0 Å². The third-order valence-electron chi connectivity index (χ3n) is 9.91. The zero-order valence-corrected chi connectivity index (χ0v) is 27.0. The highest BCUT2D eigenvalue weighted by Crippen LogP contribution is 2.34. The lowest BCUT2D eigenvalue weighted by Gasteiger charge is -2.25. The number of esters is 1. The van der Waals surface area contributed by atoms with Gasteiger partial charge in [-0.3, -0.25) is 4.79 Å². The van der Waals surface area contributed by atoms with Gasteiger partial charge in [0.15, 0.2) is 0 Å². The molecule has 3 aliphatic carbocycles. The predicted molar refractivity (Wildman–Crippen MR) is 177 cm³/mol. The molecule has 0 aromatic carbocycles.